The average molecular weight is 247 g/mol. The molecule has 1 N–H and O–H groups in total. The first-order chi connectivity index (χ1) is 8.16. The number of nitrogens with one attached hydrogen (secondary N) is 1. The molecule has 0 saturated carbocycles. The van der Waals surface area contributed by atoms with Gasteiger partial charge in [0.25, 0.3) is 0 Å². The first-order valence-corrected chi connectivity index (χ1v) is 6.07. The molecule has 1 aliphatic heterocycles. The fraction of sp³-hybridized carbons (Fsp3) is 0.308. The fourth-order valence-corrected chi connectivity index (χ4v) is 2.08. The lowest BCUT2D eigenvalue weighted by Gasteiger charge is -2.18. The van der Waals surface area contributed by atoms with Crippen LogP contribution in [0.1, 0.15) is 0 Å². The number of hydrogen-bond acceptors (Lipinski definition) is 3. The minimum atomic E-state index is 0.742. The van der Waals surface area contributed by atoms with Gasteiger partial charge in [-0.3, -0.25) is 0 Å². The van der Waals surface area contributed by atoms with Gasteiger partial charge in [0.1, 0.15) is 10.8 Å². The molecule has 17 heavy (non-hydrogen) atoms. The van der Waals surface area contributed by atoms with E-state index in [1.54, 1.807) is 0 Å². The second kappa shape index (κ2) is 5.19. The molecule has 0 aromatic heterocycles. The van der Waals surface area contributed by atoms with Crippen molar-refractivity contribution in [2.75, 3.05) is 32.5 Å². The van der Waals surface area contributed by atoms with E-state index in [-0.39, 0.29) is 0 Å². The summed E-state index contributed by atoms with van der Waals surface area (Å²) in [7, 11) is 4.17. The van der Waals surface area contributed by atoms with Crippen molar-refractivity contribution >= 4 is 22.9 Å². The SMILES string of the molecule is CN1CCN(C)C1=CC(=S)Nc1ccccc1. The molecule has 1 heterocycles. The van der Waals surface area contributed by atoms with E-state index in [0.717, 1.165) is 23.8 Å². The molecule has 1 fully saturated rings. The highest BCUT2D eigenvalue weighted by Crippen LogP contribution is 2.14. The number of benzene rings is 1. The third-order valence-corrected chi connectivity index (χ3v) is 3.07. The van der Waals surface area contributed by atoms with Crippen LogP contribution in [0.3, 0.4) is 0 Å². The number of para-hydroxylation sites is 1. The third-order valence-electron chi connectivity index (χ3n) is 2.85. The van der Waals surface area contributed by atoms with E-state index in [0.29, 0.717) is 0 Å². The topological polar surface area (TPSA) is 18.5 Å². The van der Waals surface area contributed by atoms with E-state index < -0.39 is 0 Å². The zero-order chi connectivity index (χ0) is 12.3. The van der Waals surface area contributed by atoms with Gasteiger partial charge in [-0.05, 0) is 12.1 Å². The highest BCUT2D eigenvalue weighted by Gasteiger charge is 2.17. The largest absolute Gasteiger partial charge is 0.359 e. The van der Waals surface area contributed by atoms with Crippen LogP contribution in [0.4, 0.5) is 5.69 Å². The van der Waals surface area contributed by atoms with Crippen LogP contribution in [-0.2, 0) is 0 Å². The van der Waals surface area contributed by atoms with E-state index in [9.17, 15) is 0 Å². The van der Waals surface area contributed by atoms with Crippen molar-refractivity contribution in [1.82, 2.24) is 9.80 Å². The van der Waals surface area contributed by atoms with Gasteiger partial charge in [0, 0.05) is 38.9 Å². The van der Waals surface area contributed by atoms with E-state index in [4.69, 9.17) is 12.2 Å². The Hall–Kier alpha value is -1.55. The monoisotopic (exact) mass is 247 g/mol. The summed E-state index contributed by atoms with van der Waals surface area (Å²) in [5.74, 6) is 1.17. The van der Waals surface area contributed by atoms with Gasteiger partial charge in [0.15, 0.2) is 0 Å². The molecule has 1 aliphatic rings. The molecule has 0 atom stereocenters. The van der Waals surface area contributed by atoms with Gasteiger partial charge < -0.3 is 15.1 Å². The zero-order valence-electron chi connectivity index (χ0n) is 10.2. The van der Waals surface area contributed by atoms with Gasteiger partial charge in [-0.25, -0.2) is 0 Å². The molecule has 0 unspecified atom stereocenters. The van der Waals surface area contributed by atoms with Crippen molar-refractivity contribution in [3.05, 3.63) is 42.2 Å². The first kappa shape index (κ1) is 11.9. The molecule has 4 heteroatoms. The minimum Gasteiger partial charge on any atom is -0.359 e. The second-order valence-electron chi connectivity index (χ2n) is 4.20. The Balaban J connectivity index is 2.04. The van der Waals surface area contributed by atoms with E-state index in [1.165, 1.54) is 5.82 Å². The number of hydrogen-bond donors (Lipinski definition) is 1. The van der Waals surface area contributed by atoms with Crippen LogP contribution in [0.25, 0.3) is 0 Å². The lowest BCUT2D eigenvalue weighted by atomic mass is 10.3. The van der Waals surface area contributed by atoms with Crippen LogP contribution in [0.15, 0.2) is 42.2 Å². The molecule has 0 radical (unpaired) electrons. The standard InChI is InChI=1S/C13H17N3S/c1-15-8-9-16(2)13(15)10-12(17)14-11-6-4-3-5-7-11/h3-7,10H,8-9H2,1-2H3,(H,14,17). The van der Waals surface area contributed by atoms with Gasteiger partial charge in [-0.2, -0.15) is 0 Å². The number of rotatable bonds is 2. The predicted octanol–water partition coefficient (Wildman–Crippen LogP) is 2.14. The summed E-state index contributed by atoms with van der Waals surface area (Å²) < 4.78 is 0. The predicted molar refractivity (Wildman–Crippen MR) is 76.0 cm³/mol. The smallest absolute Gasteiger partial charge is 0.107 e. The van der Waals surface area contributed by atoms with Crippen LogP contribution < -0.4 is 5.32 Å². The maximum absolute atomic E-state index is 5.34. The Labute approximate surface area is 108 Å². The normalized spacial score (nSPS) is 15.1. The Morgan fingerprint density at radius 3 is 2.35 bits per heavy atom. The van der Waals surface area contributed by atoms with Gasteiger partial charge in [0.2, 0.25) is 0 Å². The van der Waals surface area contributed by atoms with Crippen molar-refractivity contribution in [3.8, 4) is 0 Å². The van der Waals surface area contributed by atoms with E-state index in [1.807, 2.05) is 36.4 Å². The summed E-state index contributed by atoms with van der Waals surface area (Å²) in [5, 5.41) is 3.21. The summed E-state index contributed by atoms with van der Waals surface area (Å²) in [6.07, 6.45) is 2.01. The molecular formula is C13H17N3S. The molecule has 1 aromatic carbocycles. The van der Waals surface area contributed by atoms with Gasteiger partial charge >= 0.3 is 0 Å². The quantitative estimate of drug-likeness (QED) is 0.637. The average Bonchev–Trinajstić information content (AvgIpc) is 2.62. The van der Waals surface area contributed by atoms with Crippen LogP contribution in [-0.4, -0.2) is 42.0 Å². The van der Waals surface area contributed by atoms with Crippen LogP contribution in [0.2, 0.25) is 0 Å². The molecular weight excluding hydrogens is 230 g/mol. The van der Waals surface area contributed by atoms with Crippen LogP contribution in [0, 0.1) is 0 Å². The number of nitrogens with zero attached hydrogens (tertiary/aromatic N) is 2. The summed E-state index contributed by atoms with van der Waals surface area (Å²) in [4.78, 5) is 5.16. The molecule has 3 nitrogen and oxygen atoms in total. The third kappa shape index (κ3) is 2.97. The van der Waals surface area contributed by atoms with E-state index in [2.05, 4.69) is 29.2 Å². The van der Waals surface area contributed by atoms with Gasteiger partial charge in [-0.15, -0.1) is 0 Å². The van der Waals surface area contributed by atoms with Crippen molar-refractivity contribution in [3.63, 3.8) is 0 Å². The zero-order valence-corrected chi connectivity index (χ0v) is 11.0. The Morgan fingerprint density at radius 1 is 1.18 bits per heavy atom. The lowest BCUT2D eigenvalue weighted by molar-refractivity contribution is 0.424. The van der Waals surface area contributed by atoms with Crippen molar-refractivity contribution in [2.24, 2.45) is 0 Å². The van der Waals surface area contributed by atoms with Crippen molar-refractivity contribution in [2.45, 2.75) is 0 Å². The molecule has 0 aliphatic carbocycles. The highest BCUT2D eigenvalue weighted by molar-refractivity contribution is 7.81. The molecule has 0 spiro atoms. The molecule has 0 amide bonds. The Morgan fingerprint density at radius 2 is 1.76 bits per heavy atom. The molecule has 90 valence electrons. The van der Waals surface area contributed by atoms with Gasteiger partial charge in [0.05, 0.1) is 0 Å². The fourth-order valence-electron chi connectivity index (χ4n) is 1.86. The first-order valence-electron chi connectivity index (χ1n) is 5.67. The summed E-state index contributed by atoms with van der Waals surface area (Å²) in [6, 6.07) is 9.99. The van der Waals surface area contributed by atoms with E-state index >= 15 is 0 Å². The number of anilines is 1. The second-order valence-corrected chi connectivity index (χ2v) is 4.64. The lowest BCUT2D eigenvalue weighted by Crippen LogP contribution is -2.19. The van der Waals surface area contributed by atoms with Crippen LogP contribution in [0.5, 0.6) is 0 Å². The number of thiocarbonyl (C=S) groups is 1. The maximum atomic E-state index is 5.34. The van der Waals surface area contributed by atoms with Crippen LogP contribution >= 0.6 is 12.2 Å². The number of likely N-dealkylation sites (N-methyl/N-ethyl adjacent to an activating group) is 2. The van der Waals surface area contributed by atoms with Crippen molar-refractivity contribution < 1.29 is 0 Å². The van der Waals surface area contributed by atoms with Crippen molar-refractivity contribution in [1.29, 1.82) is 0 Å². The summed E-state index contributed by atoms with van der Waals surface area (Å²) in [6.45, 7) is 2.10. The molecule has 1 aromatic rings. The molecule has 2 rings (SSSR count). The Bertz CT molecular complexity index is 416. The molecule has 1 saturated heterocycles. The maximum Gasteiger partial charge on any atom is 0.107 e. The minimum absolute atomic E-state index is 0.742. The highest BCUT2D eigenvalue weighted by atomic mass is 32.1. The molecule has 0 bridgehead atoms. The summed E-state index contributed by atoms with van der Waals surface area (Å²) in [5.41, 5.74) is 1.03. The summed E-state index contributed by atoms with van der Waals surface area (Å²) >= 11 is 5.34. The van der Waals surface area contributed by atoms with Gasteiger partial charge in [-0.1, -0.05) is 30.4 Å². The Kier molecular flexibility index (Phi) is 3.64.